The topological polar surface area (TPSA) is 121 Å². The molecule has 0 saturated carbocycles. The summed E-state index contributed by atoms with van der Waals surface area (Å²) in [4.78, 5) is 19.6. The normalized spacial score (nSPS) is 9.94. The maximum atomic E-state index is 9.79. The summed E-state index contributed by atoms with van der Waals surface area (Å²) in [5.41, 5.74) is 0. The molecule has 0 aliphatic carbocycles. The molecule has 0 aromatic carbocycles. The molecule has 35 heavy (non-hydrogen) atoms. The standard InChI is InChI=1S/2C8H17.2C6H12O3.Sn/c2*1-3-5-7-8-6-4-2;2*7-5-3-1-2-4-6(8)9;/h2*1,3-8H2,2H3;2*7H,1-5H2,(H,8,9);/q;;;;+2/p-2. The fourth-order valence-corrected chi connectivity index (χ4v) is 6.87. The zero-order valence-corrected chi connectivity index (χ0v) is 25.9. The van der Waals surface area contributed by atoms with Crippen molar-refractivity contribution in [2.75, 3.05) is 13.2 Å². The van der Waals surface area contributed by atoms with E-state index in [2.05, 4.69) is 13.8 Å². The minimum atomic E-state index is -1.01. The minimum Gasteiger partial charge on any atom is -0.550 e. The van der Waals surface area contributed by atoms with Gasteiger partial charge < -0.3 is 30.0 Å². The molecule has 0 aromatic rings. The molecule has 0 aliphatic heterocycles. The summed E-state index contributed by atoms with van der Waals surface area (Å²) >= 11 is 0.0736. The third-order valence-electron chi connectivity index (χ3n) is 5.49. The largest absolute Gasteiger partial charge is 0.550 e. The van der Waals surface area contributed by atoms with Crippen molar-refractivity contribution < 1.29 is 30.0 Å². The van der Waals surface area contributed by atoms with Gasteiger partial charge in [0.05, 0.1) is 0 Å². The van der Waals surface area contributed by atoms with Crippen molar-refractivity contribution in [3.05, 3.63) is 0 Å². The average Bonchev–Trinajstić information content (AvgIpc) is 2.83. The number of rotatable bonds is 24. The van der Waals surface area contributed by atoms with E-state index in [-0.39, 0.29) is 47.2 Å². The van der Waals surface area contributed by atoms with Gasteiger partial charge >= 0.3 is 121 Å². The van der Waals surface area contributed by atoms with E-state index < -0.39 is 11.9 Å². The zero-order chi connectivity index (χ0) is 26.8. The van der Waals surface area contributed by atoms with Crippen LogP contribution in [0.5, 0.6) is 0 Å². The Morgan fingerprint density at radius 3 is 1.14 bits per heavy atom. The third-order valence-corrected chi connectivity index (χ3v) is 9.53. The Kier molecular flexibility index (Phi) is 42.8. The van der Waals surface area contributed by atoms with E-state index in [0.29, 0.717) is 25.7 Å². The summed E-state index contributed by atoms with van der Waals surface area (Å²) in [5, 5.41) is 36.1. The van der Waals surface area contributed by atoms with E-state index in [0.717, 1.165) is 12.8 Å². The van der Waals surface area contributed by atoms with Crippen LogP contribution in [0.3, 0.4) is 0 Å². The van der Waals surface area contributed by atoms with Gasteiger partial charge in [-0.3, -0.25) is 0 Å². The molecule has 0 bridgehead atoms. The van der Waals surface area contributed by atoms with Crippen LogP contribution in [0.2, 0.25) is 8.87 Å². The molecule has 6 nitrogen and oxygen atoms in total. The Morgan fingerprint density at radius 2 is 0.829 bits per heavy atom. The molecular weight excluding hydrogens is 551 g/mol. The van der Waals surface area contributed by atoms with Crippen LogP contribution in [0.1, 0.15) is 142 Å². The predicted octanol–water partition coefficient (Wildman–Crippen LogP) is 4.83. The van der Waals surface area contributed by atoms with E-state index in [9.17, 15) is 19.8 Å². The number of carbonyl (C=O) groups excluding carboxylic acids is 2. The molecule has 0 heterocycles. The molecule has 7 heteroatoms. The maximum absolute atomic E-state index is 9.79. The Labute approximate surface area is 226 Å². The number of carboxylic acid groups (broad SMARTS) is 2. The molecule has 2 N–H and O–H groups in total. The Hall–Kier alpha value is -0.341. The first-order valence-corrected chi connectivity index (χ1v) is 18.3. The molecular formula is C28H56O6Sn. The van der Waals surface area contributed by atoms with Gasteiger partial charge in [-0.25, -0.2) is 0 Å². The smallest absolute Gasteiger partial charge is 0.0431 e. The number of aliphatic carboxylic acids is 2. The predicted molar refractivity (Wildman–Crippen MR) is 143 cm³/mol. The van der Waals surface area contributed by atoms with E-state index in [1.165, 1.54) is 64.2 Å². The van der Waals surface area contributed by atoms with E-state index in [1.54, 1.807) is 21.7 Å². The van der Waals surface area contributed by atoms with Crippen LogP contribution in [-0.2, 0) is 9.59 Å². The van der Waals surface area contributed by atoms with Crippen LogP contribution in [-0.4, -0.2) is 56.5 Å². The van der Waals surface area contributed by atoms with Crippen LogP contribution in [0, 0.1) is 0 Å². The number of aliphatic hydroxyl groups excluding tert-OH is 2. The number of carboxylic acids is 2. The molecule has 208 valence electrons. The van der Waals surface area contributed by atoms with Crippen molar-refractivity contribution in [3.8, 4) is 0 Å². The second-order valence-corrected chi connectivity index (χ2v) is 13.4. The van der Waals surface area contributed by atoms with Gasteiger partial charge in [0.15, 0.2) is 0 Å². The van der Waals surface area contributed by atoms with Crippen LogP contribution in [0.25, 0.3) is 0 Å². The fraction of sp³-hybridized carbons (Fsp3) is 0.929. The summed E-state index contributed by atoms with van der Waals surface area (Å²) < 4.78 is 3.31. The molecule has 0 aliphatic rings. The van der Waals surface area contributed by atoms with Crippen molar-refractivity contribution in [1.82, 2.24) is 0 Å². The first-order chi connectivity index (χ1) is 17.0. The van der Waals surface area contributed by atoms with Gasteiger partial charge in [0.1, 0.15) is 0 Å². The molecule has 0 amide bonds. The fourth-order valence-electron chi connectivity index (χ4n) is 3.30. The molecule has 0 rings (SSSR count). The molecule has 0 fully saturated rings. The average molecular weight is 607 g/mol. The summed E-state index contributed by atoms with van der Waals surface area (Å²) in [6, 6.07) is 0. The third kappa shape index (κ3) is 51.2. The second kappa shape index (κ2) is 38.2. The van der Waals surface area contributed by atoms with Crippen molar-refractivity contribution >= 4 is 33.1 Å². The van der Waals surface area contributed by atoms with Crippen molar-refractivity contribution in [2.24, 2.45) is 0 Å². The first kappa shape index (κ1) is 39.2. The van der Waals surface area contributed by atoms with Crippen LogP contribution < -0.4 is 10.2 Å². The Bertz CT molecular complexity index is 371. The number of unbranched alkanes of at least 4 members (excludes halogenated alkanes) is 14. The van der Waals surface area contributed by atoms with E-state index in [1.807, 2.05) is 0 Å². The van der Waals surface area contributed by atoms with E-state index >= 15 is 0 Å². The van der Waals surface area contributed by atoms with Crippen molar-refractivity contribution in [2.45, 2.75) is 151 Å². The van der Waals surface area contributed by atoms with Gasteiger partial charge in [-0.05, 0) is 38.5 Å². The van der Waals surface area contributed by atoms with Crippen LogP contribution in [0.4, 0.5) is 0 Å². The molecule has 0 unspecified atom stereocenters. The molecule has 0 atom stereocenters. The van der Waals surface area contributed by atoms with E-state index in [4.69, 9.17) is 10.2 Å². The van der Waals surface area contributed by atoms with Gasteiger partial charge in [0, 0.05) is 25.2 Å². The van der Waals surface area contributed by atoms with Gasteiger partial charge in [0.2, 0.25) is 0 Å². The number of hydrogen-bond donors (Lipinski definition) is 2. The van der Waals surface area contributed by atoms with Crippen LogP contribution >= 0.6 is 0 Å². The van der Waals surface area contributed by atoms with Crippen molar-refractivity contribution in [3.63, 3.8) is 0 Å². The summed E-state index contributed by atoms with van der Waals surface area (Å²) in [6.45, 7) is 4.89. The van der Waals surface area contributed by atoms with Gasteiger partial charge in [-0.2, -0.15) is 0 Å². The summed E-state index contributed by atoms with van der Waals surface area (Å²) in [5.74, 6) is -2.01. The first-order valence-electron chi connectivity index (χ1n) is 14.3. The summed E-state index contributed by atoms with van der Waals surface area (Å²) in [7, 11) is 0. The molecule has 0 radical (unpaired) electrons. The number of hydrogen-bond acceptors (Lipinski definition) is 6. The monoisotopic (exact) mass is 608 g/mol. The number of carbonyl (C=O) groups is 2. The zero-order valence-electron chi connectivity index (χ0n) is 23.0. The molecule has 0 spiro atoms. The van der Waals surface area contributed by atoms with Gasteiger partial charge in [-0.15, -0.1) is 0 Å². The molecule has 0 saturated heterocycles. The van der Waals surface area contributed by atoms with Gasteiger partial charge in [0.25, 0.3) is 0 Å². The van der Waals surface area contributed by atoms with Crippen molar-refractivity contribution in [1.29, 1.82) is 0 Å². The van der Waals surface area contributed by atoms with Crippen LogP contribution in [0.15, 0.2) is 0 Å². The quantitative estimate of drug-likeness (QED) is 0.120. The summed E-state index contributed by atoms with van der Waals surface area (Å²) in [6.07, 6.45) is 22.2. The maximum Gasteiger partial charge on any atom is 0.0431 e. The van der Waals surface area contributed by atoms with Gasteiger partial charge in [-0.1, -0.05) is 12.8 Å². The Balaban J connectivity index is -0.000000481. The molecule has 0 aromatic heterocycles. The Morgan fingerprint density at radius 1 is 0.514 bits per heavy atom. The second-order valence-electron chi connectivity index (χ2n) is 9.10. The number of aliphatic hydroxyl groups is 2. The SMILES string of the molecule is CCCCCCC[CH2][Sn+2][CH2]CCCCCCC.O=C([O-])CCCCCO.O=C([O-])CCCCCO. The minimum absolute atomic E-state index is 0.0736.